The van der Waals surface area contributed by atoms with Crippen LogP contribution < -0.4 is 11.0 Å². The molecule has 1 aromatic heterocycles. The first kappa shape index (κ1) is 18.3. The molecule has 1 aliphatic heterocycles. The van der Waals surface area contributed by atoms with E-state index in [1.54, 1.807) is 16.7 Å². The standard InChI is InChI=1S/C20H28N4O3/c25-16-6-4-15(5-7-16)24-18-8-3-14(13-17(18)22-20(24)27)19(26)21-9-12-23-10-1-2-11-23/h3,8,13,15-16,25H,1-2,4-7,9-12H2,(H,21,26)(H,22,27). The van der Waals surface area contributed by atoms with Gasteiger partial charge in [0.25, 0.3) is 5.91 Å². The number of amides is 1. The van der Waals surface area contributed by atoms with Crippen LogP contribution in [0.3, 0.4) is 0 Å². The van der Waals surface area contributed by atoms with Gasteiger partial charge in [0, 0.05) is 24.7 Å². The summed E-state index contributed by atoms with van der Waals surface area (Å²) in [6.45, 7) is 3.76. The molecular weight excluding hydrogens is 344 g/mol. The van der Waals surface area contributed by atoms with Gasteiger partial charge in [-0.15, -0.1) is 0 Å². The number of carbonyl (C=O) groups excluding carboxylic acids is 1. The lowest BCUT2D eigenvalue weighted by atomic mass is 9.93. The number of aliphatic hydroxyl groups is 1. The maximum atomic E-state index is 12.5. The molecule has 7 heteroatoms. The molecule has 0 spiro atoms. The lowest BCUT2D eigenvalue weighted by Gasteiger charge is -2.26. The second-order valence-electron chi connectivity index (χ2n) is 7.80. The van der Waals surface area contributed by atoms with Crippen LogP contribution in [0.15, 0.2) is 23.0 Å². The largest absolute Gasteiger partial charge is 0.393 e. The monoisotopic (exact) mass is 372 g/mol. The fraction of sp³-hybridized carbons (Fsp3) is 0.600. The van der Waals surface area contributed by atoms with E-state index < -0.39 is 0 Å². The number of aromatic amines is 1. The number of nitrogens with one attached hydrogen (secondary N) is 2. The third-order valence-corrected chi connectivity index (χ3v) is 5.92. The van der Waals surface area contributed by atoms with E-state index in [4.69, 9.17) is 0 Å². The van der Waals surface area contributed by atoms with E-state index in [2.05, 4.69) is 15.2 Å². The summed E-state index contributed by atoms with van der Waals surface area (Å²) in [4.78, 5) is 30.1. The first-order valence-corrected chi connectivity index (χ1v) is 10.0. The van der Waals surface area contributed by atoms with Gasteiger partial charge in [0.15, 0.2) is 0 Å². The summed E-state index contributed by atoms with van der Waals surface area (Å²) in [5, 5.41) is 12.7. The number of aliphatic hydroxyl groups excluding tert-OH is 1. The van der Waals surface area contributed by atoms with Gasteiger partial charge < -0.3 is 20.3 Å². The number of carbonyl (C=O) groups is 1. The van der Waals surface area contributed by atoms with Crippen molar-refractivity contribution in [2.75, 3.05) is 26.2 Å². The Hall–Kier alpha value is -2.12. The van der Waals surface area contributed by atoms with Crippen LogP contribution in [-0.2, 0) is 0 Å². The van der Waals surface area contributed by atoms with Crippen LogP contribution in [0.5, 0.6) is 0 Å². The fourth-order valence-corrected chi connectivity index (χ4v) is 4.39. The predicted molar refractivity (Wildman–Crippen MR) is 104 cm³/mol. The minimum atomic E-state index is -0.252. The van der Waals surface area contributed by atoms with Crippen LogP contribution >= 0.6 is 0 Å². The summed E-state index contributed by atoms with van der Waals surface area (Å²) in [7, 11) is 0. The van der Waals surface area contributed by atoms with Crippen LogP contribution in [0.4, 0.5) is 0 Å². The van der Waals surface area contributed by atoms with E-state index in [9.17, 15) is 14.7 Å². The fourth-order valence-electron chi connectivity index (χ4n) is 4.39. The van der Waals surface area contributed by atoms with Crippen LogP contribution in [0.25, 0.3) is 11.0 Å². The summed E-state index contributed by atoms with van der Waals surface area (Å²) >= 11 is 0. The minimum absolute atomic E-state index is 0.106. The molecule has 2 aromatic rings. The molecule has 4 rings (SSSR count). The number of aromatic nitrogens is 2. The van der Waals surface area contributed by atoms with Crippen molar-refractivity contribution in [3.63, 3.8) is 0 Å². The normalized spacial score (nSPS) is 23.7. The van der Waals surface area contributed by atoms with Crippen molar-refractivity contribution in [3.8, 4) is 0 Å². The molecule has 0 unspecified atom stereocenters. The van der Waals surface area contributed by atoms with Gasteiger partial charge in [0.2, 0.25) is 0 Å². The van der Waals surface area contributed by atoms with Crippen molar-refractivity contribution in [1.82, 2.24) is 19.8 Å². The van der Waals surface area contributed by atoms with Gasteiger partial charge in [-0.25, -0.2) is 4.79 Å². The van der Waals surface area contributed by atoms with Crippen molar-refractivity contribution in [3.05, 3.63) is 34.2 Å². The quantitative estimate of drug-likeness (QED) is 0.744. The molecule has 1 aromatic carbocycles. The van der Waals surface area contributed by atoms with E-state index in [-0.39, 0.29) is 23.7 Å². The molecule has 27 heavy (non-hydrogen) atoms. The molecule has 1 saturated heterocycles. The maximum Gasteiger partial charge on any atom is 0.326 e. The Kier molecular flexibility index (Phi) is 5.31. The summed E-state index contributed by atoms with van der Waals surface area (Å²) in [6, 6.07) is 5.51. The molecule has 0 atom stereocenters. The van der Waals surface area contributed by atoms with Gasteiger partial charge in [-0.05, 0) is 69.8 Å². The molecule has 2 fully saturated rings. The van der Waals surface area contributed by atoms with Crippen molar-refractivity contribution in [2.45, 2.75) is 50.7 Å². The molecule has 1 aliphatic carbocycles. The topological polar surface area (TPSA) is 90.4 Å². The number of fused-ring (bicyclic) bond motifs is 1. The van der Waals surface area contributed by atoms with E-state index in [0.29, 0.717) is 17.6 Å². The van der Waals surface area contributed by atoms with Gasteiger partial charge in [0.05, 0.1) is 17.1 Å². The molecule has 3 N–H and O–H groups in total. The Morgan fingerprint density at radius 1 is 1.19 bits per heavy atom. The SMILES string of the molecule is O=C(NCCN1CCCC1)c1ccc2c(c1)[nH]c(=O)n2C1CCC(O)CC1. The van der Waals surface area contributed by atoms with Gasteiger partial charge >= 0.3 is 5.69 Å². The third-order valence-electron chi connectivity index (χ3n) is 5.92. The Bertz CT molecular complexity index is 858. The summed E-state index contributed by atoms with van der Waals surface area (Å²) < 4.78 is 1.79. The smallest absolute Gasteiger partial charge is 0.326 e. The van der Waals surface area contributed by atoms with Crippen molar-refractivity contribution in [2.24, 2.45) is 0 Å². The van der Waals surface area contributed by atoms with Crippen LogP contribution in [-0.4, -0.2) is 57.7 Å². The second-order valence-corrected chi connectivity index (χ2v) is 7.80. The van der Waals surface area contributed by atoms with Crippen LogP contribution in [0.1, 0.15) is 54.9 Å². The Labute approximate surface area is 158 Å². The Balaban J connectivity index is 1.46. The number of imidazole rings is 1. The number of H-pyrrole nitrogens is 1. The molecule has 146 valence electrons. The average Bonchev–Trinajstić information content (AvgIpc) is 3.29. The molecule has 2 heterocycles. The first-order chi connectivity index (χ1) is 13.1. The minimum Gasteiger partial charge on any atom is -0.393 e. The summed E-state index contributed by atoms with van der Waals surface area (Å²) in [5.74, 6) is -0.106. The molecular formula is C20H28N4O3. The van der Waals surface area contributed by atoms with Gasteiger partial charge in [-0.1, -0.05) is 0 Å². The van der Waals surface area contributed by atoms with Crippen LogP contribution in [0, 0.1) is 0 Å². The van der Waals surface area contributed by atoms with Crippen molar-refractivity contribution in [1.29, 1.82) is 0 Å². The summed E-state index contributed by atoms with van der Waals surface area (Å²) in [5.41, 5.74) is 1.95. The van der Waals surface area contributed by atoms with E-state index in [0.717, 1.165) is 50.8 Å². The highest BCUT2D eigenvalue weighted by molar-refractivity contribution is 5.97. The molecule has 1 amide bonds. The van der Waals surface area contributed by atoms with Gasteiger partial charge in [-0.3, -0.25) is 9.36 Å². The number of rotatable bonds is 5. The lowest BCUT2D eigenvalue weighted by Crippen LogP contribution is -2.33. The predicted octanol–water partition coefficient (Wildman–Crippen LogP) is 1.63. The number of nitrogens with zero attached hydrogens (tertiary/aromatic N) is 2. The Morgan fingerprint density at radius 3 is 2.67 bits per heavy atom. The highest BCUT2D eigenvalue weighted by Gasteiger charge is 2.24. The number of hydrogen-bond donors (Lipinski definition) is 3. The molecule has 2 aliphatic rings. The number of likely N-dealkylation sites (tertiary alicyclic amines) is 1. The zero-order chi connectivity index (χ0) is 18.8. The van der Waals surface area contributed by atoms with Gasteiger partial charge in [-0.2, -0.15) is 0 Å². The average molecular weight is 372 g/mol. The van der Waals surface area contributed by atoms with E-state index >= 15 is 0 Å². The molecule has 1 saturated carbocycles. The van der Waals surface area contributed by atoms with Crippen molar-refractivity contribution < 1.29 is 9.90 Å². The third kappa shape index (κ3) is 3.94. The number of benzene rings is 1. The van der Waals surface area contributed by atoms with Gasteiger partial charge in [0.1, 0.15) is 0 Å². The van der Waals surface area contributed by atoms with E-state index in [1.165, 1.54) is 12.8 Å². The van der Waals surface area contributed by atoms with Crippen LogP contribution in [0.2, 0.25) is 0 Å². The molecule has 0 bridgehead atoms. The second kappa shape index (κ2) is 7.86. The maximum absolute atomic E-state index is 12.5. The molecule has 0 radical (unpaired) electrons. The van der Waals surface area contributed by atoms with E-state index in [1.807, 2.05) is 6.07 Å². The van der Waals surface area contributed by atoms with Crippen molar-refractivity contribution >= 4 is 16.9 Å². The zero-order valence-electron chi connectivity index (χ0n) is 15.6. The number of hydrogen-bond acceptors (Lipinski definition) is 4. The molecule has 7 nitrogen and oxygen atoms in total. The Morgan fingerprint density at radius 2 is 1.93 bits per heavy atom. The lowest BCUT2D eigenvalue weighted by molar-refractivity contribution is 0.0949. The summed E-state index contributed by atoms with van der Waals surface area (Å²) in [6.07, 6.45) is 5.28. The highest BCUT2D eigenvalue weighted by Crippen LogP contribution is 2.29. The highest BCUT2D eigenvalue weighted by atomic mass is 16.3. The zero-order valence-corrected chi connectivity index (χ0v) is 15.6. The first-order valence-electron chi connectivity index (χ1n) is 10.0.